The van der Waals surface area contributed by atoms with Crippen LogP contribution in [0.25, 0.3) is 0 Å². The van der Waals surface area contributed by atoms with E-state index in [1.165, 1.54) is 0 Å². The van der Waals surface area contributed by atoms with Crippen molar-refractivity contribution in [2.24, 2.45) is 0 Å². The lowest BCUT2D eigenvalue weighted by atomic mass is 10.2. The van der Waals surface area contributed by atoms with Crippen LogP contribution >= 0.6 is 0 Å². The van der Waals surface area contributed by atoms with E-state index in [0.29, 0.717) is 24.3 Å². The topological polar surface area (TPSA) is 55.4 Å². The summed E-state index contributed by atoms with van der Waals surface area (Å²) in [6.07, 6.45) is -4.78. The van der Waals surface area contributed by atoms with Gasteiger partial charge >= 0.3 is 6.18 Å². The second-order valence-corrected chi connectivity index (χ2v) is 6.34. The Morgan fingerprint density at radius 3 is 2.20 bits per heavy atom. The van der Waals surface area contributed by atoms with Crippen LogP contribution in [0.2, 0.25) is 0 Å². The molecule has 0 aromatic heterocycles. The van der Waals surface area contributed by atoms with E-state index < -0.39 is 49.8 Å². The van der Waals surface area contributed by atoms with E-state index in [9.17, 15) is 34.8 Å². The van der Waals surface area contributed by atoms with Crippen LogP contribution in [0, 0.1) is 17.5 Å². The van der Waals surface area contributed by atoms with Gasteiger partial charge < -0.3 is 4.74 Å². The number of hydrogen-bond donors (Lipinski definition) is 1. The van der Waals surface area contributed by atoms with E-state index in [4.69, 9.17) is 4.74 Å². The average Bonchev–Trinajstić information content (AvgIpc) is 2.51. The lowest BCUT2D eigenvalue weighted by Crippen LogP contribution is -2.17. The Kier molecular flexibility index (Phi) is 4.89. The molecule has 0 aliphatic rings. The smallest absolute Gasteiger partial charge is 0.416 e. The number of ether oxygens (including phenoxy) is 1. The van der Waals surface area contributed by atoms with Crippen molar-refractivity contribution in [3.63, 3.8) is 0 Å². The minimum absolute atomic E-state index is 0.292. The Morgan fingerprint density at radius 1 is 1.00 bits per heavy atom. The zero-order valence-corrected chi connectivity index (χ0v) is 13.1. The van der Waals surface area contributed by atoms with E-state index in [0.717, 1.165) is 13.2 Å². The molecule has 0 amide bonds. The van der Waals surface area contributed by atoms with Gasteiger partial charge in [-0.1, -0.05) is 0 Å². The molecule has 2 rings (SSSR count). The van der Waals surface area contributed by atoms with Crippen LogP contribution in [-0.4, -0.2) is 15.5 Å². The number of benzene rings is 2. The summed E-state index contributed by atoms with van der Waals surface area (Å²) in [6.45, 7) is 0. The van der Waals surface area contributed by atoms with Crippen LogP contribution in [0.4, 0.5) is 32.0 Å². The fourth-order valence-corrected chi connectivity index (χ4v) is 3.01. The molecule has 0 unspecified atom stereocenters. The highest BCUT2D eigenvalue weighted by Crippen LogP contribution is 2.36. The summed E-state index contributed by atoms with van der Waals surface area (Å²) >= 11 is 0. The summed E-state index contributed by atoms with van der Waals surface area (Å²) in [5, 5.41) is 0. The molecule has 0 heterocycles. The summed E-state index contributed by atoms with van der Waals surface area (Å²) in [4.78, 5) is -1.27. The van der Waals surface area contributed by atoms with Crippen LogP contribution in [0.3, 0.4) is 0 Å². The van der Waals surface area contributed by atoms with Crippen LogP contribution in [0.1, 0.15) is 5.56 Å². The van der Waals surface area contributed by atoms with Crippen molar-refractivity contribution in [1.29, 1.82) is 0 Å². The highest BCUT2D eigenvalue weighted by Gasteiger charge is 2.32. The quantitative estimate of drug-likeness (QED) is 0.641. The van der Waals surface area contributed by atoms with Crippen LogP contribution < -0.4 is 9.46 Å². The predicted molar refractivity (Wildman–Crippen MR) is 75.1 cm³/mol. The van der Waals surface area contributed by atoms with Crippen molar-refractivity contribution in [2.75, 3.05) is 11.8 Å². The number of halogens is 6. The first-order valence-electron chi connectivity index (χ1n) is 6.39. The lowest BCUT2D eigenvalue weighted by Gasteiger charge is -2.15. The van der Waals surface area contributed by atoms with Crippen molar-refractivity contribution in [3.05, 3.63) is 53.3 Å². The fourth-order valence-electron chi connectivity index (χ4n) is 1.88. The largest absolute Gasteiger partial charge is 0.495 e. The minimum Gasteiger partial charge on any atom is -0.495 e. The van der Waals surface area contributed by atoms with Gasteiger partial charge in [-0.3, -0.25) is 4.72 Å². The van der Waals surface area contributed by atoms with Gasteiger partial charge in [0.1, 0.15) is 10.6 Å². The van der Waals surface area contributed by atoms with Gasteiger partial charge in [0.05, 0.1) is 18.4 Å². The first-order valence-corrected chi connectivity index (χ1v) is 7.87. The molecule has 0 saturated carbocycles. The molecule has 2 aromatic rings. The van der Waals surface area contributed by atoms with Gasteiger partial charge in [0.25, 0.3) is 10.0 Å². The molecule has 0 saturated heterocycles. The zero-order valence-electron chi connectivity index (χ0n) is 12.3. The molecule has 136 valence electrons. The molecule has 0 spiro atoms. The number of anilines is 1. The molecular formula is C14H9F6NO3S. The van der Waals surface area contributed by atoms with E-state index in [1.54, 1.807) is 4.72 Å². The Morgan fingerprint density at radius 2 is 1.64 bits per heavy atom. The van der Waals surface area contributed by atoms with Crippen molar-refractivity contribution in [1.82, 2.24) is 0 Å². The fraction of sp³-hybridized carbons (Fsp3) is 0.143. The van der Waals surface area contributed by atoms with Gasteiger partial charge in [-0.05, 0) is 30.3 Å². The molecule has 2 aromatic carbocycles. The Balaban J connectivity index is 2.53. The first-order chi connectivity index (χ1) is 11.5. The van der Waals surface area contributed by atoms with Gasteiger partial charge in [0, 0.05) is 0 Å². The van der Waals surface area contributed by atoms with Gasteiger partial charge in [-0.15, -0.1) is 0 Å². The molecular weight excluding hydrogens is 376 g/mol. The van der Waals surface area contributed by atoms with Gasteiger partial charge in [-0.2, -0.15) is 13.2 Å². The second kappa shape index (κ2) is 6.47. The third-order valence-electron chi connectivity index (χ3n) is 3.06. The number of alkyl halides is 3. The molecule has 0 radical (unpaired) electrons. The first kappa shape index (κ1) is 18.9. The number of methoxy groups -OCH3 is 1. The Hall–Kier alpha value is -2.43. The van der Waals surface area contributed by atoms with Crippen molar-refractivity contribution in [2.45, 2.75) is 11.1 Å². The summed E-state index contributed by atoms with van der Waals surface area (Å²) in [5.41, 5.74) is -1.85. The summed E-state index contributed by atoms with van der Waals surface area (Å²) in [5.74, 6) is -5.94. The summed E-state index contributed by atoms with van der Waals surface area (Å²) in [7, 11) is -3.79. The summed E-state index contributed by atoms with van der Waals surface area (Å²) in [6, 6.07) is 2.73. The molecule has 0 bridgehead atoms. The van der Waals surface area contributed by atoms with Crippen molar-refractivity contribution < 1.29 is 39.5 Å². The molecule has 11 heteroatoms. The van der Waals surface area contributed by atoms with E-state index >= 15 is 0 Å². The second-order valence-electron chi connectivity index (χ2n) is 4.69. The summed E-state index contributed by atoms with van der Waals surface area (Å²) < 4.78 is 109. The average molecular weight is 385 g/mol. The highest BCUT2D eigenvalue weighted by atomic mass is 32.2. The maximum Gasteiger partial charge on any atom is 0.416 e. The molecule has 1 N–H and O–H groups in total. The van der Waals surface area contributed by atoms with E-state index in [2.05, 4.69) is 0 Å². The number of nitrogens with one attached hydrogen (secondary N) is 1. The third kappa shape index (κ3) is 3.81. The van der Waals surface area contributed by atoms with Gasteiger partial charge in [-0.25, -0.2) is 21.6 Å². The molecule has 0 aliphatic heterocycles. The van der Waals surface area contributed by atoms with Crippen LogP contribution in [-0.2, 0) is 16.2 Å². The monoisotopic (exact) mass is 385 g/mol. The molecule has 0 atom stereocenters. The minimum atomic E-state index is -4.86. The van der Waals surface area contributed by atoms with Crippen LogP contribution in [0.5, 0.6) is 5.75 Å². The number of hydrogen-bond acceptors (Lipinski definition) is 3. The predicted octanol–water partition coefficient (Wildman–Crippen LogP) is 3.93. The maximum absolute atomic E-state index is 13.7. The van der Waals surface area contributed by atoms with Gasteiger partial charge in [0.15, 0.2) is 17.5 Å². The number of rotatable bonds is 4. The van der Waals surface area contributed by atoms with E-state index in [1.807, 2.05) is 0 Å². The van der Waals surface area contributed by atoms with Crippen molar-refractivity contribution in [3.8, 4) is 5.75 Å². The Bertz CT molecular complexity index is 912. The molecule has 0 aliphatic carbocycles. The standard InChI is InChI=1S/C14H9F6NO3S/c1-24-10-4-2-7(14(18,19)20)6-9(10)21-25(22,23)11-5-3-8(15)12(16)13(11)17/h2-6,21H,1H3. The normalized spacial score (nSPS) is 12.1. The lowest BCUT2D eigenvalue weighted by molar-refractivity contribution is -0.137. The van der Waals surface area contributed by atoms with Crippen LogP contribution in [0.15, 0.2) is 35.2 Å². The molecule has 0 fully saturated rings. The number of sulfonamides is 1. The SMILES string of the molecule is COc1ccc(C(F)(F)F)cc1NS(=O)(=O)c1ccc(F)c(F)c1F. The van der Waals surface area contributed by atoms with Gasteiger partial charge in [0.2, 0.25) is 0 Å². The highest BCUT2D eigenvalue weighted by molar-refractivity contribution is 7.92. The third-order valence-corrected chi connectivity index (χ3v) is 4.44. The molecule has 25 heavy (non-hydrogen) atoms. The van der Waals surface area contributed by atoms with Crippen molar-refractivity contribution >= 4 is 15.7 Å². The maximum atomic E-state index is 13.7. The Labute approximate surface area is 138 Å². The molecule has 4 nitrogen and oxygen atoms in total. The zero-order chi connectivity index (χ0) is 19.0. The van der Waals surface area contributed by atoms with E-state index in [-0.39, 0.29) is 5.75 Å².